The predicted molar refractivity (Wildman–Crippen MR) is 71.5 cm³/mol. The van der Waals surface area contributed by atoms with Crippen LogP contribution >= 0.6 is 0 Å². The zero-order valence-electron chi connectivity index (χ0n) is 11.4. The van der Waals surface area contributed by atoms with Gasteiger partial charge in [-0.3, -0.25) is 4.98 Å². The summed E-state index contributed by atoms with van der Waals surface area (Å²) < 4.78 is 0. The number of aliphatic hydroxyl groups is 1. The van der Waals surface area contributed by atoms with E-state index >= 15 is 0 Å². The summed E-state index contributed by atoms with van der Waals surface area (Å²) in [7, 11) is 6.34. The minimum atomic E-state index is -0.0569. The van der Waals surface area contributed by atoms with Gasteiger partial charge in [0, 0.05) is 19.1 Å². The third-order valence-electron chi connectivity index (χ3n) is 4.01. The van der Waals surface area contributed by atoms with Crippen molar-refractivity contribution in [1.29, 1.82) is 0 Å². The molecule has 0 saturated heterocycles. The van der Waals surface area contributed by atoms with E-state index in [1.54, 1.807) is 12.4 Å². The summed E-state index contributed by atoms with van der Waals surface area (Å²) in [6.45, 7) is 0.909. The fourth-order valence-electron chi connectivity index (χ4n) is 2.48. The molecular weight excluding hydrogens is 228 g/mol. The number of nitrogens with zero attached hydrogens (tertiary/aromatic N) is 4. The lowest BCUT2D eigenvalue weighted by molar-refractivity contribution is 0.0681. The van der Waals surface area contributed by atoms with Crippen LogP contribution in [0.4, 0.5) is 5.82 Å². The van der Waals surface area contributed by atoms with Crippen molar-refractivity contribution in [2.75, 3.05) is 32.6 Å². The Morgan fingerprint density at radius 1 is 1.22 bits per heavy atom. The van der Waals surface area contributed by atoms with Gasteiger partial charge in [-0.1, -0.05) is 0 Å². The van der Waals surface area contributed by atoms with Gasteiger partial charge in [0.1, 0.15) is 5.82 Å². The van der Waals surface area contributed by atoms with Crippen LogP contribution in [-0.2, 0) is 6.61 Å². The number of hydrogen-bond acceptors (Lipinski definition) is 5. The maximum absolute atomic E-state index is 8.95. The highest BCUT2D eigenvalue weighted by molar-refractivity contribution is 5.35. The average molecular weight is 250 g/mol. The van der Waals surface area contributed by atoms with Crippen molar-refractivity contribution in [2.45, 2.75) is 31.4 Å². The van der Waals surface area contributed by atoms with E-state index in [9.17, 15) is 0 Å². The summed E-state index contributed by atoms with van der Waals surface area (Å²) in [5.74, 6) is 0.861. The normalized spacial score (nSPS) is 17.6. The van der Waals surface area contributed by atoms with E-state index < -0.39 is 0 Å². The molecule has 5 nitrogen and oxygen atoms in total. The third-order valence-corrected chi connectivity index (χ3v) is 4.01. The van der Waals surface area contributed by atoms with Gasteiger partial charge in [-0.15, -0.1) is 0 Å². The van der Waals surface area contributed by atoms with E-state index in [1.165, 1.54) is 19.3 Å². The molecule has 1 aliphatic rings. The molecule has 0 atom stereocenters. The molecule has 2 rings (SSSR count). The first-order valence-corrected chi connectivity index (χ1v) is 6.38. The molecule has 0 radical (unpaired) electrons. The van der Waals surface area contributed by atoms with Gasteiger partial charge in [-0.05, 0) is 33.4 Å². The molecule has 0 aromatic carbocycles. The maximum atomic E-state index is 8.95. The molecule has 0 bridgehead atoms. The molecular formula is C13H22N4O. The van der Waals surface area contributed by atoms with Crippen molar-refractivity contribution in [3.05, 3.63) is 18.1 Å². The van der Waals surface area contributed by atoms with Crippen molar-refractivity contribution in [2.24, 2.45) is 0 Å². The lowest BCUT2D eigenvalue weighted by atomic mass is 9.75. The molecule has 0 unspecified atom stereocenters. The molecule has 0 aliphatic heterocycles. The topological polar surface area (TPSA) is 52.5 Å². The number of aliphatic hydroxyl groups excluding tert-OH is 1. The maximum Gasteiger partial charge on any atom is 0.146 e. The van der Waals surface area contributed by atoms with E-state index in [2.05, 4.69) is 33.9 Å². The molecule has 100 valence electrons. The van der Waals surface area contributed by atoms with Crippen molar-refractivity contribution in [3.63, 3.8) is 0 Å². The molecule has 0 spiro atoms. The van der Waals surface area contributed by atoms with Crippen molar-refractivity contribution >= 4 is 5.82 Å². The van der Waals surface area contributed by atoms with Gasteiger partial charge in [-0.25, -0.2) is 4.98 Å². The molecule has 1 fully saturated rings. The predicted octanol–water partition coefficient (Wildman–Crippen LogP) is 0.889. The summed E-state index contributed by atoms with van der Waals surface area (Å²) in [4.78, 5) is 13.0. The largest absolute Gasteiger partial charge is 0.390 e. The minimum absolute atomic E-state index is 0.0569. The van der Waals surface area contributed by atoms with E-state index in [0.717, 1.165) is 12.4 Å². The Balaban J connectivity index is 2.04. The molecule has 1 aromatic heterocycles. The summed E-state index contributed by atoms with van der Waals surface area (Å²) >= 11 is 0. The third kappa shape index (κ3) is 2.47. The van der Waals surface area contributed by atoms with Gasteiger partial charge in [0.15, 0.2) is 0 Å². The molecule has 5 heteroatoms. The summed E-state index contributed by atoms with van der Waals surface area (Å²) in [5.41, 5.74) is 0.893. The Morgan fingerprint density at radius 2 is 1.94 bits per heavy atom. The quantitative estimate of drug-likeness (QED) is 0.841. The lowest BCUT2D eigenvalue weighted by Crippen LogP contribution is -2.56. The van der Waals surface area contributed by atoms with Crippen LogP contribution in [0.3, 0.4) is 0 Å². The SMILES string of the molecule is CN(CC1(N(C)C)CCC1)c1cnc(CO)cn1. The van der Waals surface area contributed by atoms with Crippen LogP contribution in [0.5, 0.6) is 0 Å². The van der Waals surface area contributed by atoms with Crippen LogP contribution in [-0.4, -0.2) is 53.2 Å². The summed E-state index contributed by atoms with van der Waals surface area (Å²) in [6.07, 6.45) is 7.16. The van der Waals surface area contributed by atoms with E-state index in [4.69, 9.17) is 5.11 Å². The average Bonchev–Trinajstić information content (AvgIpc) is 2.33. The lowest BCUT2D eigenvalue weighted by Gasteiger charge is -2.49. The Bertz CT molecular complexity index is 386. The van der Waals surface area contributed by atoms with Gasteiger partial charge < -0.3 is 14.9 Å². The molecule has 1 N–H and O–H groups in total. The number of hydrogen-bond donors (Lipinski definition) is 1. The monoisotopic (exact) mass is 250 g/mol. The highest BCUT2D eigenvalue weighted by atomic mass is 16.3. The van der Waals surface area contributed by atoms with Crippen LogP contribution in [0, 0.1) is 0 Å². The fourth-order valence-corrected chi connectivity index (χ4v) is 2.48. The van der Waals surface area contributed by atoms with Crippen LogP contribution < -0.4 is 4.90 Å². The highest BCUT2D eigenvalue weighted by Crippen LogP contribution is 2.37. The van der Waals surface area contributed by atoms with Crippen LogP contribution in [0.15, 0.2) is 12.4 Å². The van der Waals surface area contributed by atoms with Crippen molar-refractivity contribution < 1.29 is 5.11 Å². The van der Waals surface area contributed by atoms with Gasteiger partial charge in [0.05, 0.1) is 24.7 Å². The van der Waals surface area contributed by atoms with E-state index in [1.807, 2.05) is 7.05 Å². The Hall–Kier alpha value is -1.20. The Labute approximate surface area is 108 Å². The number of anilines is 1. The number of rotatable bonds is 5. The number of aromatic nitrogens is 2. The molecule has 1 aromatic rings. The van der Waals surface area contributed by atoms with Crippen molar-refractivity contribution in [3.8, 4) is 0 Å². The minimum Gasteiger partial charge on any atom is -0.390 e. The molecule has 0 amide bonds. The second kappa shape index (κ2) is 5.20. The van der Waals surface area contributed by atoms with Crippen LogP contribution in [0.2, 0.25) is 0 Å². The Morgan fingerprint density at radius 3 is 2.33 bits per heavy atom. The van der Waals surface area contributed by atoms with Crippen LogP contribution in [0.1, 0.15) is 25.0 Å². The van der Waals surface area contributed by atoms with Gasteiger partial charge in [0.2, 0.25) is 0 Å². The van der Waals surface area contributed by atoms with Crippen molar-refractivity contribution in [1.82, 2.24) is 14.9 Å². The zero-order valence-corrected chi connectivity index (χ0v) is 11.4. The summed E-state index contributed by atoms with van der Waals surface area (Å²) in [6, 6.07) is 0. The van der Waals surface area contributed by atoms with E-state index in [-0.39, 0.29) is 12.1 Å². The van der Waals surface area contributed by atoms with E-state index in [0.29, 0.717) is 5.69 Å². The first-order valence-electron chi connectivity index (χ1n) is 6.38. The first-order chi connectivity index (χ1) is 8.57. The van der Waals surface area contributed by atoms with Gasteiger partial charge in [-0.2, -0.15) is 0 Å². The Kier molecular flexibility index (Phi) is 3.82. The first kappa shape index (κ1) is 13.2. The zero-order chi connectivity index (χ0) is 13.2. The molecule has 1 heterocycles. The van der Waals surface area contributed by atoms with Gasteiger partial charge in [0.25, 0.3) is 0 Å². The van der Waals surface area contributed by atoms with Crippen LogP contribution in [0.25, 0.3) is 0 Å². The molecule has 18 heavy (non-hydrogen) atoms. The number of likely N-dealkylation sites (N-methyl/N-ethyl adjacent to an activating group) is 2. The second-order valence-corrected chi connectivity index (χ2v) is 5.35. The molecule has 1 saturated carbocycles. The highest BCUT2D eigenvalue weighted by Gasteiger charge is 2.40. The fraction of sp³-hybridized carbons (Fsp3) is 0.692. The standard InChI is InChI=1S/C13H22N4O/c1-16(2)13(5-4-6-13)10-17(3)12-8-14-11(9-18)7-15-12/h7-8,18H,4-6,9-10H2,1-3H3. The smallest absolute Gasteiger partial charge is 0.146 e. The second-order valence-electron chi connectivity index (χ2n) is 5.35. The van der Waals surface area contributed by atoms with Gasteiger partial charge >= 0.3 is 0 Å². The molecule has 1 aliphatic carbocycles. The summed E-state index contributed by atoms with van der Waals surface area (Å²) in [5, 5.41) is 8.95.